The molecule has 0 fully saturated rings. The molecule has 1 atom stereocenters. The first-order valence-electron chi connectivity index (χ1n) is 5.14. The van der Waals surface area contributed by atoms with Crippen LogP contribution in [0.2, 0.25) is 5.02 Å². The van der Waals surface area contributed by atoms with E-state index in [0.717, 1.165) is 6.42 Å². The van der Waals surface area contributed by atoms with Crippen LogP contribution in [-0.4, -0.2) is 28.5 Å². The fraction of sp³-hybridized carbons (Fsp3) is 0.417. The molecule has 0 aliphatic carbocycles. The maximum absolute atomic E-state index is 11.7. The molecule has 0 aliphatic rings. The highest BCUT2D eigenvalue weighted by molar-refractivity contribution is 8.00. The summed E-state index contributed by atoms with van der Waals surface area (Å²) in [7, 11) is 0. The molecule has 1 rings (SSSR count). The van der Waals surface area contributed by atoms with Gasteiger partial charge in [0.1, 0.15) is 0 Å². The summed E-state index contributed by atoms with van der Waals surface area (Å²) in [5, 5.41) is 9.68. The van der Waals surface area contributed by atoms with Crippen molar-refractivity contribution >= 4 is 29.1 Å². The van der Waals surface area contributed by atoms with Gasteiger partial charge in [0.2, 0.25) is 0 Å². The van der Waals surface area contributed by atoms with Crippen molar-refractivity contribution in [2.75, 3.05) is 12.4 Å². The molecule has 1 aromatic rings. The molecular weight excluding hydrogens is 244 g/mol. The molecule has 88 valence electrons. The van der Waals surface area contributed by atoms with E-state index in [2.05, 4.69) is 0 Å². The molecule has 1 unspecified atom stereocenters. The largest absolute Gasteiger partial charge is 0.396 e. The maximum atomic E-state index is 11.7. The van der Waals surface area contributed by atoms with Crippen molar-refractivity contribution in [2.45, 2.75) is 18.6 Å². The van der Waals surface area contributed by atoms with Crippen LogP contribution in [-0.2, 0) is 0 Å². The van der Waals surface area contributed by atoms with E-state index in [0.29, 0.717) is 21.6 Å². The van der Waals surface area contributed by atoms with Gasteiger partial charge in [-0.15, -0.1) is 0 Å². The van der Waals surface area contributed by atoms with Gasteiger partial charge in [-0.25, -0.2) is 0 Å². The topological polar surface area (TPSA) is 37.3 Å². The van der Waals surface area contributed by atoms with Gasteiger partial charge in [-0.2, -0.15) is 11.8 Å². The number of aliphatic hydroxyl groups is 1. The lowest BCUT2D eigenvalue weighted by molar-refractivity contribution is 0.102. The van der Waals surface area contributed by atoms with Crippen molar-refractivity contribution in [1.29, 1.82) is 0 Å². The average Bonchev–Trinajstić information content (AvgIpc) is 2.27. The van der Waals surface area contributed by atoms with Crippen molar-refractivity contribution in [3.63, 3.8) is 0 Å². The lowest BCUT2D eigenvalue weighted by Crippen LogP contribution is -2.07. The summed E-state index contributed by atoms with van der Waals surface area (Å²) in [4.78, 5) is 11.7. The van der Waals surface area contributed by atoms with Crippen molar-refractivity contribution < 1.29 is 9.90 Å². The number of aliphatic hydroxyl groups excluding tert-OH is 1. The summed E-state index contributed by atoms with van der Waals surface area (Å²) in [6.45, 7) is 2.18. The van der Waals surface area contributed by atoms with Gasteiger partial charge in [0.15, 0.2) is 5.78 Å². The molecule has 1 aromatic carbocycles. The van der Waals surface area contributed by atoms with Crippen LogP contribution in [0.25, 0.3) is 0 Å². The highest BCUT2D eigenvalue weighted by atomic mass is 35.5. The van der Waals surface area contributed by atoms with Gasteiger partial charge in [-0.1, -0.05) is 18.5 Å². The number of thioether (sulfide) groups is 1. The molecule has 0 saturated heterocycles. The monoisotopic (exact) mass is 258 g/mol. The predicted molar refractivity (Wildman–Crippen MR) is 69.4 cm³/mol. The zero-order valence-electron chi connectivity index (χ0n) is 9.15. The van der Waals surface area contributed by atoms with Crippen molar-refractivity contribution in [3.05, 3.63) is 34.9 Å². The molecule has 0 heterocycles. The summed E-state index contributed by atoms with van der Waals surface area (Å²) < 4.78 is 0. The number of carbonyl (C=O) groups is 1. The van der Waals surface area contributed by atoms with E-state index < -0.39 is 0 Å². The highest BCUT2D eigenvalue weighted by Gasteiger charge is 2.08. The number of ketones is 1. The standard InChI is InChI=1S/C12H15ClO2S/c1-9(6-7-14)16-8-12(15)10-2-4-11(13)5-3-10/h2-5,9,14H,6-8H2,1H3. The summed E-state index contributed by atoms with van der Waals surface area (Å²) in [5.74, 6) is 0.550. The Morgan fingerprint density at radius 1 is 1.44 bits per heavy atom. The van der Waals surface area contributed by atoms with Crippen LogP contribution in [0.15, 0.2) is 24.3 Å². The SMILES string of the molecule is CC(CCO)SCC(=O)c1ccc(Cl)cc1. The fourth-order valence-electron chi connectivity index (χ4n) is 1.20. The first kappa shape index (κ1) is 13.6. The number of rotatable bonds is 6. The molecule has 2 nitrogen and oxygen atoms in total. The Labute approximate surface area is 105 Å². The van der Waals surface area contributed by atoms with Gasteiger partial charge in [0.25, 0.3) is 0 Å². The Kier molecular flexibility index (Phi) is 5.88. The second kappa shape index (κ2) is 6.94. The Balaban J connectivity index is 2.43. The van der Waals surface area contributed by atoms with Gasteiger partial charge in [0, 0.05) is 22.4 Å². The van der Waals surface area contributed by atoms with E-state index in [9.17, 15) is 4.79 Å². The zero-order valence-corrected chi connectivity index (χ0v) is 10.7. The Hall–Kier alpha value is -0.510. The van der Waals surface area contributed by atoms with Crippen molar-refractivity contribution in [2.24, 2.45) is 0 Å². The second-order valence-corrected chi connectivity index (χ2v) is 5.43. The number of hydrogen-bond acceptors (Lipinski definition) is 3. The summed E-state index contributed by atoms with van der Waals surface area (Å²) in [6.07, 6.45) is 0.721. The number of hydrogen-bond donors (Lipinski definition) is 1. The van der Waals surface area contributed by atoms with E-state index in [1.54, 1.807) is 36.0 Å². The third-order valence-corrected chi connectivity index (χ3v) is 3.69. The Bertz CT molecular complexity index is 337. The van der Waals surface area contributed by atoms with Crippen LogP contribution in [0.5, 0.6) is 0 Å². The van der Waals surface area contributed by atoms with Crippen LogP contribution in [0.4, 0.5) is 0 Å². The van der Waals surface area contributed by atoms with Crippen molar-refractivity contribution in [1.82, 2.24) is 0 Å². The Morgan fingerprint density at radius 3 is 2.62 bits per heavy atom. The average molecular weight is 259 g/mol. The van der Waals surface area contributed by atoms with E-state index in [1.165, 1.54) is 0 Å². The fourth-order valence-corrected chi connectivity index (χ4v) is 2.20. The molecule has 1 N–H and O–H groups in total. The molecule has 0 aromatic heterocycles. The molecule has 0 spiro atoms. The quantitative estimate of drug-likeness (QED) is 0.797. The number of halogens is 1. The van der Waals surface area contributed by atoms with E-state index in [1.807, 2.05) is 6.92 Å². The molecule has 0 amide bonds. The Morgan fingerprint density at radius 2 is 2.06 bits per heavy atom. The number of Topliss-reactive ketones (excluding diaryl/α,β-unsaturated/α-hetero) is 1. The second-order valence-electron chi connectivity index (χ2n) is 3.56. The van der Waals surface area contributed by atoms with Crippen LogP contribution < -0.4 is 0 Å². The zero-order chi connectivity index (χ0) is 12.0. The predicted octanol–water partition coefficient (Wildman–Crippen LogP) is 3.03. The lowest BCUT2D eigenvalue weighted by Gasteiger charge is -2.08. The van der Waals surface area contributed by atoms with Gasteiger partial charge < -0.3 is 5.11 Å². The smallest absolute Gasteiger partial charge is 0.172 e. The van der Waals surface area contributed by atoms with Crippen LogP contribution >= 0.6 is 23.4 Å². The van der Waals surface area contributed by atoms with E-state index in [-0.39, 0.29) is 12.4 Å². The first-order valence-corrected chi connectivity index (χ1v) is 6.57. The van der Waals surface area contributed by atoms with Crippen LogP contribution in [0.3, 0.4) is 0 Å². The molecule has 0 aliphatic heterocycles. The van der Waals surface area contributed by atoms with Gasteiger partial charge in [-0.3, -0.25) is 4.79 Å². The van der Waals surface area contributed by atoms with Crippen LogP contribution in [0, 0.1) is 0 Å². The number of carbonyl (C=O) groups excluding carboxylic acids is 1. The maximum Gasteiger partial charge on any atom is 0.172 e. The molecule has 16 heavy (non-hydrogen) atoms. The normalized spacial score (nSPS) is 12.4. The molecule has 0 saturated carbocycles. The molecule has 4 heteroatoms. The molecule has 0 radical (unpaired) electrons. The summed E-state index contributed by atoms with van der Waals surface area (Å²) >= 11 is 7.31. The molecular formula is C12H15ClO2S. The minimum atomic E-state index is 0.103. The summed E-state index contributed by atoms with van der Waals surface area (Å²) in [6, 6.07) is 6.91. The van der Waals surface area contributed by atoms with Crippen molar-refractivity contribution in [3.8, 4) is 0 Å². The lowest BCUT2D eigenvalue weighted by atomic mass is 10.1. The first-order chi connectivity index (χ1) is 7.63. The minimum Gasteiger partial charge on any atom is -0.396 e. The van der Waals surface area contributed by atoms with E-state index in [4.69, 9.17) is 16.7 Å². The summed E-state index contributed by atoms with van der Waals surface area (Å²) in [5.41, 5.74) is 0.688. The van der Waals surface area contributed by atoms with Gasteiger partial charge >= 0.3 is 0 Å². The minimum absolute atomic E-state index is 0.103. The van der Waals surface area contributed by atoms with Gasteiger partial charge in [0.05, 0.1) is 5.75 Å². The van der Waals surface area contributed by atoms with E-state index >= 15 is 0 Å². The third-order valence-electron chi connectivity index (χ3n) is 2.20. The third kappa shape index (κ3) is 4.56. The van der Waals surface area contributed by atoms with Crippen LogP contribution in [0.1, 0.15) is 23.7 Å². The highest BCUT2D eigenvalue weighted by Crippen LogP contribution is 2.17. The van der Waals surface area contributed by atoms with Gasteiger partial charge in [-0.05, 0) is 30.7 Å². The molecule has 0 bridgehead atoms. The number of benzene rings is 1.